The highest BCUT2D eigenvalue weighted by molar-refractivity contribution is 7.08. The Hall–Kier alpha value is -2.59. The van der Waals surface area contributed by atoms with Crippen molar-refractivity contribution in [3.63, 3.8) is 0 Å². The zero-order valence-electron chi connectivity index (χ0n) is 11.5. The van der Waals surface area contributed by atoms with Gasteiger partial charge in [0.2, 0.25) is 0 Å². The Morgan fingerprint density at radius 3 is 2.59 bits per heavy atom. The number of pyridine rings is 2. The molecule has 3 heterocycles. The molecular weight excluding hydrogens is 295 g/mol. The van der Waals surface area contributed by atoms with Crippen LogP contribution in [0.1, 0.15) is 0 Å². The molecule has 4 rings (SSSR count). The van der Waals surface area contributed by atoms with E-state index >= 15 is 0 Å². The first-order chi connectivity index (χ1) is 10.8. The summed E-state index contributed by atoms with van der Waals surface area (Å²) in [6.45, 7) is 0. The lowest BCUT2D eigenvalue weighted by Crippen LogP contribution is -1.91. The Bertz CT molecular complexity index is 931. The summed E-state index contributed by atoms with van der Waals surface area (Å²) in [7, 11) is 0. The smallest absolute Gasteiger partial charge is 0.123 e. The van der Waals surface area contributed by atoms with Gasteiger partial charge in [-0.05, 0) is 64.9 Å². The van der Waals surface area contributed by atoms with E-state index in [2.05, 4.69) is 21.4 Å². The van der Waals surface area contributed by atoms with Crippen LogP contribution < -0.4 is 0 Å². The zero-order chi connectivity index (χ0) is 14.9. The zero-order valence-corrected chi connectivity index (χ0v) is 12.3. The molecule has 3 aromatic heterocycles. The fourth-order valence-electron chi connectivity index (χ4n) is 2.47. The standard InChI is InChI=1S/C18H11FN2S/c19-14-5-3-12(4-6-14)17-10-15(13-7-9-22-11-13)18-16(21-17)2-1-8-20-18/h1-11H. The molecule has 4 heteroatoms. The molecule has 0 N–H and O–H groups in total. The topological polar surface area (TPSA) is 25.8 Å². The molecule has 0 saturated heterocycles. The SMILES string of the molecule is Fc1ccc(-c2cc(-c3ccsc3)c3ncccc3n2)cc1. The Kier molecular flexibility index (Phi) is 3.16. The summed E-state index contributed by atoms with van der Waals surface area (Å²) in [5.74, 6) is -0.246. The van der Waals surface area contributed by atoms with Crippen LogP contribution in [-0.2, 0) is 0 Å². The average molecular weight is 306 g/mol. The highest BCUT2D eigenvalue weighted by atomic mass is 32.1. The fraction of sp³-hybridized carbons (Fsp3) is 0. The van der Waals surface area contributed by atoms with Crippen molar-refractivity contribution in [2.24, 2.45) is 0 Å². The first-order valence-electron chi connectivity index (χ1n) is 6.85. The number of rotatable bonds is 2. The van der Waals surface area contributed by atoms with Crippen molar-refractivity contribution in [2.75, 3.05) is 0 Å². The van der Waals surface area contributed by atoms with Crippen molar-refractivity contribution in [1.29, 1.82) is 0 Å². The van der Waals surface area contributed by atoms with Gasteiger partial charge in [-0.15, -0.1) is 0 Å². The predicted molar refractivity (Wildman–Crippen MR) is 88.2 cm³/mol. The lowest BCUT2D eigenvalue weighted by atomic mass is 10.0. The molecule has 0 unspecified atom stereocenters. The van der Waals surface area contributed by atoms with E-state index in [1.165, 1.54) is 12.1 Å². The lowest BCUT2D eigenvalue weighted by molar-refractivity contribution is 0.628. The van der Waals surface area contributed by atoms with Crippen LogP contribution in [-0.4, -0.2) is 9.97 Å². The third kappa shape index (κ3) is 2.27. The van der Waals surface area contributed by atoms with Crippen LogP contribution in [0.4, 0.5) is 4.39 Å². The molecule has 0 radical (unpaired) electrons. The van der Waals surface area contributed by atoms with Gasteiger partial charge in [0.25, 0.3) is 0 Å². The number of fused-ring (bicyclic) bond motifs is 1. The van der Waals surface area contributed by atoms with Gasteiger partial charge in [0.05, 0.1) is 16.7 Å². The first kappa shape index (κ1) is 13.1. The minimum Gasteiger partial charge on any atom is -0.254 e. The number of nitrogens with zero attached hydrogens (tertiary/aromatic N) is 2. The second-order valence-corrected chi connectivity index (χ2v) is 5.73. The normalized spacial score (nSPS) is 11.0. The average Bonchev–Trinajstić information content (AvgIpc) is 3.09. The van der Waals surface area contributed by atoms with Crippen molar-refractivity contribution in [3.05, 3.63) is 71.3 Å². The van der Waals surface area contributed by atoms with Gasteiger partial charge >= 0.3 is 0 Å². The maximum atomic E-state index is 13.1. The summed E-state index contributed by atoms with van der Waals surface area (Å²) in [5.41, 5.74) is 5.60. The maximum absolute atomic E-state index is 13.1. The molecule has 2 nitrogen and oxygen atoms in total. The molecule has 0 amide bonds. The summed E-state index contributed by atoms with van der Waals surface area (Å²) in [5, 5.41) is 4.14. The Morgan fingerprint density at radius 2 is 1.82 bits per heavy atom. The number of hydrogen-bond acceptors (Lipinski definition) is 3. The number of aromatic nitrogens is 2. The third-order valence-corrected chi connectivity index (χ3v) is 4.22. The van der Waals surface area contributed by atoms with Gasteiger partial charge < -0.3 is 0 Å². The van der Waals surface area contributed by atoms with Crippen LogP contribution in [0.3, 0.4) is 0 Å². The molecule has 22 heavy (non-hydrogen) atoms. The van der Waals surface area contributed by atoms with E-state index in [0.717, 1.165) is 33.4 Å². The van der Waals surface area contributed by atoms with Gasteiger partial charge in [-0.3, -0.25) is 4.98 Å². The Balaban J connectivity index is 1.99. The summed E-state index contributed by atoms with van der Waals surface area (Å²) < 4.78 is 13.1. The van der Waals surface area contributed by atoms with Crippen molar-refractivity contribution < 1.29 is 4.39 Å². The van der Waals surface area contributed by atoms with Gasteiger partial charge in [0.15, 0.2) is 0 Å². The van der Waals surface area contributed by atoms with Crippen LogP contribution in [0.2, 0.25) is 0 Å². The van der Waals surface area contributed by atoms with Crippen LogP contribution in [0, 0.1) is 5.82 Å². The molecule has 1 aromatic carbocycles. The van der Waals surface area contributed by atoms with Crippen molar-refractivity contribution in [3.8, 4) is 22.4 Å². The van der Waals surface area contributed by atoms with E-state index in [1.807, 2.05) is 23.6 Å². The third-order valence-electron chi connectivity index (χ3n) is 3.54. The Morgan fingerprint density at radius 1 is 0.955 bits per heavy atom. The van der Waals surface area contributed by atoms with Crippen LogP contribution in [0.25, 0.3) is 33.4 Å². The monoisotopic (exact) mass is 306 g/mol. The molecule has 0 fully saturated rings. The molecule has 0 aliphatic heterocycles. The molecule has 0 spiro atoms. The summed E-state index contributed by atoms with van der Waals surface area (Å²) in [6, 6.07) is 14.3. The summed E-state index contributed by atoms with van der Waals surface area (Å²) in [4.78, 5) is 9.13. The van der Waals surface area contributed by atoms with Gasteiger partial charge in [0.1, 0.15) is 5.82 Å². The molecule has 0 atom stereocenters. The molecule has 0 bridgehead atoms. The fourth-order valence-corrected chi connectivity index (χ4v) is 3.12. The summed E-state index contributed by atoms with van der Waals surface area (Å²) >= 11 is 1.65. The highest BCUT2D eigenvalue weighted by Gasteiger charge is 2.10. The summed E-state index contributed by atoms with van der Waals surface area (Å²) in [6.07, 6.45) is 1.78. The molecule has 0 aliphatic carbocycles. The highest BCUT2D eigenvalue weighted by Crippen LogP contribution is 2.31. The number of halogens is 1. The van der Waals surface area contributed by atoms with Gasteiger partial charge in [0, 0.05) is 17.3 Å². The molecule has 0 saturated carbocycles. The van der Waals surface area contributed by atoms with Crippen molar-refractivity contribution >= 4 is 22.4 Å². The van der Waals surface area contributed by atoms with Crippen LogP contribution in [0.5, 0.6) is 0 Å². The predicted octanol–water partition coefficient (Wildman–Crippen LogP) is 5.16. The molecule has 4 aromatic rings. The second-order valence-electron chi connectivity index (χ2n) is 4.95. The number of hydrogen-bond donors (Lipinski definition) is 0. The van der Waals surface area contributed by atoms with E-state index in [1.54, 1.807) is 29.7 Å². The quantitative estimate of drug-likeness (QED) is 0.511. The van der Waals surface area contributed by atoms with E-state index < -0.39 is 0 Å². The minimum absolute atomic E-state index is 0.246. The van der Waals surface area contributed by atoms with Crippen molar-refractivity contribution in [1.82, 2.24) is 9.97 Å². The minimum atomic E-state index is -0.246. The largest absolute Gasteiger partial charge is 0.254 e. The first-order valence-corrected chi connectivity index (χ1v) is 7.80. The van der Waals surface area contributed by atoms with E-state index in [9.17, 15) is 4.39 Å². The number of benzene rings is 1. The van der Waals surface area contributed by atoms with Gasteiger partial charge in [-0.25, -0.2) is 9.37 Å². The van der Waals surface area contributed by atoms with Crippen LogP contribution in [0.15, 0.2) is 65.5 Å². The molecule has 106 valence electrons. The van der Waals surface area contributed by atoms with E-state index in [-0.39, 0.29) is 5.82 Å². The number of thiophene rings is 1. The van der Waals surface area contributed by atoms with Gasteiger partial charge in [-0.1, -0.05) is 0 Å². The van der Waals surface area contributed by atoms with Crippen molar-refractivity contribution in [2.45, 2.75) is 0 Å². The second kappa shape index (κ2) is 5.31. The van der Waals surface area contributed by atoms with Gasteiger partial charge in [-0.2, -0.15) is 11.3 Å². The Labute approximate surface area is 130 Å². The molecule has 0 aliphatic rings. The van der Waals surface area contributed by atoms with Crippen LogP contribution >= 0.6 is 11.3 Å². The molecular formula is C18H11FN2S. The maximum Gasteiger partial charge on any atom is 0.123 e. The van der Waals surface area contributed by atoms with E-state index in [0.29, 0.717) is 0 Å². The van der Waals surface area contributed by atoms with E-state index in [4.69, 9.17) is 0 Å². The lowest BCUT2D eigenvalue weighted by Gasteiger charge is -2.08.